The van der Waals surface area contributed by atoms with Crippen LogP contribution in [-0.2, 0) is 27.7 Å². The van der Waals surface area contributed by atoms with Gasteiger partial charge in [0.05, 0.1) is 10.6 Å². The number of hydrogen-bond acceptors (Lipinski definition) is 7. The van der Waals surface area contributed by atoms with Crippen LogP contribution in [0.1, 0.15) is 29.8 Å². The van der Waals surface area contributed by atoms with Crippen molar-refractivity contribution < 1.29 is 22.7 Å². The third kappa shape index (κ3) is 3.67. The van der Waals surface area contributed by atoms with Crippen LogP contribution < -0.4 is 14.8 Å². The Morgan fingerprint density at radius 1 is 1.13 bits per heavy atom. The minimum Gasteiger partial charge on any atom is -0.486 e. The molecule has 2 aromatic rings. The topological polar surface area (TPSA) is 97.8 Å². The lowest BCUT2D eigenvalue weighted by Crippen LogP contribution is -2.41. The number of carbonyl (C=O) groups is 1. The van der Waals surface area contributed by atoms with Gasteiger partial charge in [-0.25, -0.2) is 13.4 Å². The van der Waals surface area contributed by atoms with Crippen molar-refractivity contribution in [3.63, 3.8) is 0 Å². The number of anilines is 1. The zero-order valence-electron chi connectivity index (χ0n) is 16.4. The molecule has 2 aliphatic heterocycles. The summed E-state index contributed by atoms with van der Waals surface area (Å²) in [6.45, 7) is 1.48. The van der Waals surface area contributed by atoms with Gasteiger partial charge in [0, 0.05) is 30.0 Å². The second-order valence-corrected chi connectivity index (χ2v) is 10.7. The molecule has 0 saturated carbocycles. The Kier molecular flexibility index (Phi) is 5.16. The van der Waals surface area contributed by atoms with Crippen molar-refractivity contribution in [1.29, 1.82) is 0 Å². The van der Waals surface area contributed by atoms with Crippen LogP contribution in [-0.4, -0.2) is 49.9 Å². The number of thiazole rings is 1. The number of ether oxygens (including phenoxy) is 2. The van der Waals surface area contributed by atoms with Gasteiger partial charge in [0.1, 0.15) is 13.2 Å². The molecule has 3 aliphatic rings. The SMILES string of the molecule is O=C(Nc1nc2c(s1)CCC2)C1CCN(S(=O)(=O)c2ccc3c(c2)OCCO3)CC1. The highest BCUT2D eigenvalue weighted by Crippen LogP contribution is 2.34. The number of rotatable bonds is 4. The Morgan fingerprint density at radius 2 is 1.90 bits per heavy atom. The zero-order chi connectivity index (χ0) is 20.7. The summed E-state index contributed by atoms with van der Waals surface area (Å²) in [5.41, 5.74) is 1.11. The summed E-state index contributed by atoms with van der Waals surface area (Å²) < 4.78 is 38.5. The molecule has 8 nitrogen and oxygen atoms in total. The first-order chi connectivity index (χ1) is 14.5. The Morgan fingerprint density at radius 3 is 2.67 bits per heavy atom. The molecule has 30 heavy (non-hydrogen) atoms. The Bertz CT molecular complexity index is 1050. The Labute approximate surface area is 179 Å². The van der Waals surface area contributed by atoms with Gasteiger partial charge in [-0.3, -0.25) is 4.79 Å². The van der Waals surface area contributed by atoms with E-state index in [-0.39, 0.29) is 16.7 Å². The van der Waals surface area contributed by atoms with E-state index in [1.807, 2.05) is 0 Å². The molecule has 1 saturated heterocycles. The number of hydrogen-bond donors (Lipinski definition) is 1. The number of nitrogens with one attached hydrogen (secondary N) is 1. The fraction of sp³-hybridized carbons (Fsp3) is 0.500. The first-order valence-corrected chi connectivity index (χ1v) is 12.5. The van der Waals surface area contributed by atoms with Gasteiger partial charge in [-0.15, -0.1) is 11.3 Å². The largest absolute Gasteiger partial charge is 0.486 e. The van der Waals surface area contributed by atoms with Crippen molar-refractivity contribution >= 4 is 32.4 Å². The molecule has 160 valence electrons. The number of piperidine rings is 1. The average molecular weight is 450 g/mol. The molecule has 0 radical (unpaired) electrons. The van der Waals surface area contributed by atoms with Crippen LogP contribution in [0.15, 0.2) is 23.1 Å². The van der Waals surface area contributed by atoms with Gasteiger partial charge in [-0.1, -0.05) is 0 Å². The maximum atomic E-state index is 13.0. The van der Waals surface area contributed by atoms with Crippen LogP contribution in [0.3, 0.4) is 0 Å². The standard InChI is InChI=1S/C20H23N3O5S2/c24-19(22-20-21-15-2-1-3-18(15)29-20)13-6-8-23(9-7-13)30(25,26)14-4-5-16-17(12-14)28-11-10-27-16/h4-5,12-13H,1-3,6-11H2,(H,21,22,24). The van der Waals surface area contributed by atoms with Crippen LogP contribution in [0.25, 0.3) is 0 Å². The molecule has 1 aliphatic carbocycles. The number of sulfonamides is 1. The number of carbonyl (C=O) groups excluding carboxylic acids is 1. The molecule has 0 bridgehead atoms. The molecule has 1 N–H and O–H groups in total. The number of amides is 1. The molecule has 0 spiro atoms. The van der Waals surface area contributed by atoms with E-state index in [9.17, 15) is 13.2 Å². The molecule has 0 unspecified atom stereocenters. The molecule has 1 amide bonds. The predicted octanol–water partition coefficient (Wildman–Crippen LogP) is 2.44. The van der Waals surface area contributed by atoms with Crippen LogP contribution >= 0.6 is 11.3 Å². The molecule has 1 fully saturated rings. The molecular weight excluding hydrogens is 426 g/mol. The summed E-state index contributed by atoms with van der Waals surface area (Å²) in [5, 5.41) is 3.59. The van der Waals surface area contributed by atoms with Crippen molar-refractivity contribution in [2.75, 3.05) is 31.6 Å². The lowest BCUT2D eigenvalue weighted by molar-refractivity contribution is -0.120. The fourth-order valence-electron chi connectivity index (χ4n) is 4.14. The quantitative estimate of drug-likeness (QED) is 0.770. The Hall–Kier alpha value is -2.17. The van der Waals surface area contributed by atoms with Crippen molar-refractivity contribution in [3.8, 4) is 11.5 Å². The van der Waals surface area contributed by atoms with Crippen LogP contribution in [0.4, 0.5) is 5.13 Å². The number of fused-ring (bicyclic) bond motifs is 2. The number of benzene rings is 1. The lowest BCUT2D eigenvalue weighted by Gasteiger charge is -2.30. The van der Waals surface area contributed by atoms with Crippen LogP contribution in [0.2, 0.25) is 0 Å². The van der Waals surface area contributed by atoms with Gasteiger partial charge in [0.25, 0.3) is 0 Å². The number of aromatic nitrogens is 1. The summed E-state index contributed by atoms with van der Waals surface area (Å²) in [6.07, 6.45) is 4.14. The van der Waals surface area contributed by atoms with Gasteiger partial charge in [-0.2, -0.15) is 4.31 Å². The van der Waals surface area contributed by atoms with Crippen molar-refractivity contribution in [2.24, 2.45) is 5.92 Å². The van der Waals surface area contributed by atoms with Crippen LogP contribution in [0, 0.1) is 5.92 Å². The maximum absolute atomic E-state index is 13.0. The van der Waals surface area contributed by atoms with Gasteiger partial charge in [-0.05, 0) is 44.2 Å². The number of aryl methyl sites for hydroxylation is 2. The highest BCUT2D eigenvalue weighted by Gasteiger charge is 2.33. The monoisotopic (exact) mass is 449 g/mol. The summed E-state index contributed by atoms with van der Waals surface area (Å²) in [6, 6.07) is 4.69. The second-order valence-electron chi connectivity index (χ2n) is 7.72. The average Bonchev–Trinajstić information content (AvgIpc) is 3.35. The van der Waals surface area contributed by atoms with Gasteiger partial charge >= 0.3 is 0 Å². The van der Waals surface area contributed by atoms with Crippen molar-refractivity contribution in [2.45, 2.75) is 37.0 Å². The van der Waals surface area contributed by atoms with Crippen LogP contribution in [0.5, 0.6) is 11.5 Å². The number of nitrogens with zero attached hydrogens (tertiary/aromatic N) is 2. The smallest absolute Gasteiger partial charge is 0.243 e. The fourth-order valence-corrected chi connectivity index (χ4v) is 6.68. The molecule has 1 aromatic carbocycles. The minimum absolute atomic E-state index is 0.0706. The van der Waals surface area contributed by atoms with Gasteiger partial charge < -0.3 is 14.8 Å². The Balaban J connectivity index is 1.22. The molecule has 3 heterocycles. The highest BCUT2D eigenvalue weighted by molar-refractivity contribution is 7.89. The summed E-state index contributed by atoms with van der Waals surface area (Å²) >= 11 is 1.56. The first kappa shape index (κ1) is 19.8. The summed E-state index contributed by atoms with van der Waals surface area (Å²) in [7, 11) is -3.65. The molecular formula is C20H23N3O5S2. The van der Waals surface area contributed by atoms with E-state index in [4.69, 9.17) is 9.47 Å². The summed E-state index contributed by atoms with van der Waals surface area (Å²) in [5.74, 6) is 0.727. The van der Waals surface area contributed by atoms with E-state index in [1.165, 1.54) is 15.2 Å². The van der Waals surface area contributed by atoms with E-state index < -0.39 is 10.0 Å². The lowest BCUT2D eigenvalue weighted by atomic mass is 9.97. The van der Waals surface area contributed by atoms with Crippen molar-refractivity contribution in [1.82, 2.24) is 9.29 Å². The maximum Gasteiger partial charge on any atom is 0.243 e. The molecule has 10 heteroatoms. The zero-order valence-corrected chi connectivity index (χ0v) is 18.1. The molecule has 5 rings (SSSR count). The van der Waals surface area contributed by atoms with E-state index in [1.54, 1.807) is 23.5 Å². The third-order valence-corrected chi connectivity index (χ3v) is 8.77. The minimum atomic E-state index is -3.65. The van der Waals surface area contributed by atoms with E-state index in [0.717, 1.165) is 25.0 Å². The normalized spacial score (nSPS) is 19.5. The summed E-state index contributed by atoms with van der Waals surface area (Å²) in [4.78, 5) is 18.6. The van der Waals surface area contributed by atoms with Crippen molar-refractivity contribution in [3.05, 3.63) is 28.8 Å². The van der Waals surface area contributed by atoms with E-state index in [0.29, 0.717) is 55.8 Å². The van der Waals surface area contributed by atoms with Gasteiger partial charge in [0.15, 0.2) is 16.6 Å². The third-order valence-electron chi connectivity index (χ3n) is 5.80. The van der Waals surface area contributed by atoms with E-state index >= 15 is 0 Å². The second kappa shape index (κ2) is 7.82. The molecule has 1 aromatic heterocycles. The first-order valence-electron chi connectivity index (χ1n) is 10.2. The van der Waals surface area contributed by atoms with E-state index in [2.05, 4.69) is 10.3 Å². The predicted molar refractivity (Wildman–Crippen MR) is 112 cm³/mol. The van der Waals surface area contributed by atoms with Gasteiger partial charge in [0.2, 0.25) is 15.9 Å². The molecule has 0 atom stereocenters. The highest BCUT2D eigenvalue weighted by atomic mass is 32.2.